The number of nitrogens with zero attached hydrogens (tertiary/aromatic N) is 2. The molecule has 0 aromatic heterocycles. The fourth-order valence-electron chi connectivity index (χ4n) is 5.61. The largest absolute Gasteiger partial charge is 0.352 e. The number of nitrogens with one attached hydrogen (secondary N) is 1. The topological polar surface area (TPSA) is 52.7 Å². The highest BCUT2D eigenvalue weighted by Crippen LogP contribution is 2.56. The van der Waals surface area contributed by atoms with E-state index in [0.29, 0.717) is 18.0 Å². The summed E-state index contributed by atoms with van der Waals surface area (Å²) in [5.74, 6) is -0.465. The first kappa shape index (κ1) is 18.6. The molecule has 0 bridgehead atoms. The van der Waals surface area contributed by atoms with Crippen molar-refractivity contribution in [2.75, 3.05) is 18.5 Å². The monoisotopic (exact) mass is 409 g/mol. The molecule has 1 spiro atoms. The van der Waals surface area contributed by atoms with Gasteiger partial charge in [0.15, 0.2) is 0 Å². The first-order chi connectivity index (χ1) is 14.0. The number of hydrogen-bond acceptors (Lipinski definition) is 3. The molecule has 3 aliphatic rings. The quantitative estimate of drug-likeness (QED) is 0.846. The highest BCUT2D eigenvalue weighted by atomic mass is 35.5. The van der Waals surface area contributed by atoms with E-state index < -0.39 is 11.5 Å². The van der Waals surface area contributed by atoms with Gasteiger partial charge in [0, 0.05) is 35.9 Å². The lowest BCUT2D eigenvalue weighted by atomic mass is 9.78. The summed E-state index contributed by atoms with van der Waals surface area (Å²) in [4.78, 5) is 31.1. The van der Waals surface area contributed by atoms with Crippen LogP contribution in [-0.2, 0) is 21.7 Å². The number of benzene rings is 2. The molecule has 6 heteroatoms. The van der Waals surface area contributed by atoms with Crippen LogP contribution in [0.25, 0.3) is 0 Å². The fourth-order valence-corrected chi connectivity index (χ4v) is 5.82. The zero-order valence-electron chi connectivity index (χ0n) is 16.4. The molecule has 0 radical (unpaired) electrons. The van der Waals surface area contributed by atoms with Gasteiger partial charge < -0.3 is 10.2 Å². The number of rotatable bonds is 3. The molecule has 5 nitrogen and oxygen atoms in total. The van der Waals surface area contributed by atoms with Crippen molar-refractivity contribution in [3.8, 4) is 0 Å². The summed E-state index contributed by atoms with van der Waals surface area (Å²) in [6.45, 7) is 1.22. The average molecular weight is 410 g/mol. The van der Waals surface area contributed by atoms with E-state index in [1.807, 2.05) is 55.6 Å². The number of amides is 2. The van der Waals surface area contributed by atoms with E-state index in [1.54, 1.807) is 4.90 Å². The lowest BCUT2D eigenvalue weighted by molar-refractivity contribution is -0.138. The number of fused-ring (bicyclic) bond motifs is 4. The molecule has 0 saturated carbocycles. The Labute approximate surface area is 175 Å². The third kappa shape index (κ3) is 2.57. The Morgan fingerprint density at radius 2 is 1.97 bits per heavy atom. The lowest BCUT2D eigenvalue weighted by Crippen LogP contribution is -2.55. The SMILES string of the molecule is CN1C(=O)[C@@]2(c3ccccc31)[C@@H](C(=O)NCc1ccccc1Cl)C[C@H]1CCCN12. The Bertz CT molecular complexity index is 994. The molecule has 2 saturated heterocycles. The molecule has 0 aliphatic carbocycles. The average Bonchev–Trinajstić information content (AvgIpc) is 3.37. The molecule has 0 unspecified atom stereocenters. The lowest BCUT2D eigenvalue weighted by Gasteiger charge is -2.37. The van der Waals surface area contributed by atoms with Crippen molar-refractivity contribution in [2.24, 2.45) is 5.92 Å². The van der Waals surface area contributed by atoms with Gasteiger partial charge >= 0.3 is 0 Å². The maximum absolute atomic E-state index is 13.7. The third-order valence-electron chi connectivity index (χ3n) is 6.88. The van der Waals surface area contributed by atoms with E-state index in [1.165, 1.54) is 0 Å². The van der Waals surface area contributed by atoms with E-state index in [9.17, 15) is 9.59 Å². The summed E-state index contributed by atoms with van der Waals surface area (Å²) in [6.07, 6.45) is 2.82. The molecule has 2 aromatic carbocycles. The number of halogens is 1. The summed E-state index contributed by atoms with van der Waals surface area (Å²) >= 11 is 6.25. The molecule has 150 valence electrons. The van der Waals surface area contributed by atoms with Crippen molar-refractivity contribution in [2.45, 2.75) is 37.4 Å². The van der Waals surface area contributed by atoms with Gasteiger partial charge in [-0.05, 0) is 43.5 Å². The van der Waals surface area contributed by atoms with Crippen LogP contribution in [0, 0.1) is 5.92 Å². The van der Waals surface area contributed by atoms with Crippen molar-refractivity contribution >= 4 is 29.1 Å². The Morgan fingerprint density at radius 3 is 2.79 bits per heavy atom. The minimum absolute atomic E-state index is 0.0148. The predicted octanol–water partition coefficient (Wildman–Crippen LogP) is 3.31. The van der Waals surface area contributed by atoms with Crippen molar-refractivity contribution in [3.63, 3.8) is 0 Å². The highest BCUT2D eigenvalue weighted by Gasteiger charge is 2.66. The summed E-state index contributed by atoms with van der Waals surface area (Å²) < 4.78 is 0. The Morgan fingerprint density at radius 1 is 1.21 bits per heavy atom. The molecule has 2 fully saturated rings. The second-order valence-corrected chi connectivity index (χ2v) is 8.64. The van der Waals surface area contributed by atoms with E-state index in [-0.39, 0.29) is 17.9 Å². The molecular weight excluding hydrogens is 386 g/mol. The number of para-hydroxylation sites is 1. The summed E-state index contributed by atoms with van der Waals surface area (Å²) in [5, 5.41) is 3.70. The maximum Gasteiger partial charge on any atom is 0.252 e. The van der Waals surface area contributed by atoms with Crippen molar-refractivity contribution in [3.05, 3.63) is 64.7 Å². The number of likely N-dealkylation sites (N-methyl/N-ethyl adjacent to an activating group) is 1. The number of carbonyl (C=O) groups excluding carboxylic acids is 2. The Kier molecular flexibility index (Phi) is 4.41. The zero-order chi connectivity index (χ0) is 20.2. The molecule has 3 atom stereocenters. The molecular formula is C23H24ClN3O2. The van der Waals surface area contributed by atoms with Crippen molar-refractivity contribution < 1.29 is 9.59 Å². The second kappa shape index (κ2) is 6.85. The standard InChI is InChI=1S/C23H24ClN3O2/c1-26-20-11-5-3-9-17(20)23(22(26)29)18(13-16-8-6-12-27(16)23)21(28)25-14-15-7-2-4-10-19(15)24/h2-5,7,9-11,16,18H,6,8,12-14H2,1H3,(H,25,28)/t16-,18-,23-/m1/s1. The predicted molar refractivity (Wildman–Crippen MR) is 113 cm³/mol. The molecule has 2 aromatic rings. The zero-order valence-corrected chi connectivity index (χ0v) is 17.2. The van der Waals surface area contributed by atoms with Gasteiger partial charge in [0.05, 0.1) is 5.92 Å². The third-order valence-corrected chi connectivity index (χ3v) is 7.25. The normalized spacial score (nSPS) is 28.1. The van der Waals surface area contributed by atoms with Crippen LogP contribution in [0.4, 0.5) is 5.69 Å². The van der Waals surface area contributed by atoms with Gasteiger partial charge in [0.25, 0.3) is 5.91 Å². The summed E-state index contributed by atoms with van der Waals surface area (Å²) in [6, 6.07) is 15.7. The van der Waals surface area contributed by atoms with Crippen LogP contribution >= 0.6 is 11.6 Å². The first-order valence-electron chi connectivity index (χ1n) is 10.2. The number of hydrogen-bond donors (Lipinski definition) is 1. The highest BCUT2D eigenvalue weighted by molar-refractivity contribution is 6.31. The van der Waals surface area contributed by atoms with Crippen LogP contribution in [0.3, 0.4) is 0 Å². The molecule has 29 heavy (non-hydrogen) atoms. The van der Waals surface area contributed by atoms with Gasteiger partial charge in [-0.3, -0.25) is 14.5 Å². The van der Waals surface area contributed by atoms with Gasteiger partial charge in [-0.1, -0.05) is 48.0 Å². The number of carbonyl (C=O) groups is 2. The van der Waals surface area contributed by atoms with Gasteiger partial charge in [-0.25, -0.2) is 0 Å². The molecule has 3 aliphatic heterocycles. The van der Waals surface area contributed by atoms with Gasteiger partial charge in [-0.15, -0.1) is 0 Å². The van der Waals surface area contributed by atoms with Crippen LogP contribution < -0.4 is 10.2 Å². The molecule has 3 heterocycles. The second-order valence-electron chi connectivity index (χ2n) is 8.23. The summed E-state index contributed by atoms with van der Waals surface area (Å²) in [7, 11) is 1.82. The van der Waals surface area contributed by atoms with E-state index in [4.69, 9.17) is 11.6 Å². The van der Waals surface area contributed by atoms with Crippen molar-refractivity contribution in [1.29, 1.82) is 0 Å². The fraction of sp³-hybridized carbons (Fsp3) is 0.391. The van der Waals surface area contributed by atoms with Gasteiger partial charge in [0.2, 0.25) is 5.91 Å². The Balaban J connectivity index is 1.52. The maximum atomic E-state index is 13.7. The first-order valence-corrected chi connectivity index (χ1v) is 10.6. The van der Waals surface area contributed by atoms with Crippen molar-refractivity contribution in [1.82, 2.24) is 10.2 Å². The van der Waals surface area contributed by atoms with E-state index in [2.05, 4.69) is 10.2 Å². The number of anilines is 1. The van der Waals surface area contributed by atoms with E-state index in [0.717, 1.165) is 36.2 Å². The van der Waals surface area contributed by atoms with Crippen LogP contribution in [-0.4, -0.2) is 36.3 Å². The van der Waals surface area contributed by atoms with E-state index >= 15 is 0 Å². The molecule has 1 N–H and O–H groups in total. The summed E-state index contributed by atoms with van der Waals surface area (Å²) in [5.41, 5.74) is 1.87. The smallest absolute Gasteiger partial charge is 0.252 e. The minimum atomic E-state index is -0.892. The van der Waals surface area contributed by atoms with Gasteiger partial charge in [0.1, 0.15) is 5.54 Å². The molecule has 2 amide bonds. The Hall–Kier alpha value is -2.37. The molecule has 5 rings (SSSR count). The van der Waals surface area contributed by atoms with Crippen LogP contribution in [0.1, 0.15) is 30.4 Å². The van der Waals surface area contributed by atoms with Crippen LogP contribution in [0.5, 0.6) is 0 Å². The van der Waals surface area contributed by atoms with Crippen LogP contribution in [0.15, 0.2) is 48.5 Å². The minimum Gasteiger partial charge on any atom is -0.352 e. The van der Waals surface area contributed by atoms with Gasteiger partial charge in [-0.2, -0.15) is 0 Å². The van der Waals surface area contributed by atoms with Crippen LogP contribution in [0.2, 0.25) is 5.02 Å².